The molecule has 6 aromatic rings. The van der Waals surface area contributed by atoms with Gasteiger partial charge in [-0.25, -0.2) is 9.97 Å². The van der Waals surface area contributed by atoms with Gasteiger partial charge in [0.25, 0.3) is 0 Å². The Bertz CT molecular complexity index is 1920. The second kappa shape index (κ2) is 15.9. The SMILES string of the molecule is COc1ccc(C=Cc2ncc(-c3ccc(Cl)cc3Cl)[nH]2)cc1.COc1ccc(CCc2ncc(-c3ccc(Cl)cc3Cl)[nH]2)cc1. The number of aryl methyl sites for hydroxylation is 2. The molecule has 234 valence electrons. The molecule has 2 N–H and O–H groups in total. The first kappa shape index (κ1) is 33.2. The number of nitrogens with one attached hydrogen (secondary N) is 2. The molecule has 4 aromatic carbocycles. The first-order valence-electron chi connectivity index (χ1n) is 14.3. The van der Waals surface area contributed by atoms with Gasteiger partial charge in [-0.15, -0.1) is 0 Å². The molecule has 0 bridgehead atoms. The summed E-state index contributed by atoms with van der Waals surface area (Å²) in [5.74, 6) is 3.38. The Morgan fingerprint density at radius 3 is 1.72 bits per heavy atom. The summed E-state index contributed by atoms with van der Waals surface area (Å²) in [7, 11) is 3.32. The van der Waals surface area contributed by atoms with E-state index in [1.165, 1.54) is 5.56 Å². The smallest absolute Gasteiger partial charge is 0.130 e. The third-order valence-electron chi connectivity index (χ3n) is 7.03. The van der Waals surface area contributed by atoms with Crippen molar-refractivity contribution >= 4 is 58.6 Å². The average Bonchev–Trinajstić information content (AvgIpc) is 3.74. The highest BCUT2D eigenvalue weighted by molar-refractivity contribution is 6.37. The maximum atomic E-state index is 6.23. The van der Waals surface area contributed by atoms with E-state index in [9.17, 15) is 0 Å². The summed E-state index contributed by atoms with van der Waals surface area (Å²) < 4.78 is 10.3. The van der Waals surface area contributed by atoms with Crippen LogP contribution in [0.2, 0.25) is 20.1 Å². The minimum absolute atomic E-state index is 0.590. The standard InChI is InChI=1S/C18H16Cl2N2O.C18H14Cl2N2O/c2*1-23-14-6-2-12(3-7-14)4-9-18-21-11-17(22-18)15-8-5-13(19)10-16(15)20/h2-3,5-8,10-11H,4,9H2,1H3,(H,21,22);2-11H,1H3,(H,21,22). The first-order valence-corrected chi connectivity index (χ1v) is 15.8. The minimum Gasteiger partial charge on any atom is -0.497 e. The fourth-order valence-electron chi connectivity index (χ4n) is 4.55. The number of aromatic nitrogens is 4. The van der Waals surface area contributed by atoms with Gasteiger partial charge >= 0.3 is 0 Å². The molecule has 0 radical (unpaired) electrons. The lowest BCUT2D eigenvalue weighted by atomic mass is 10.1. The van der Waals surface area contributed by atoms with Crippen molar-refractivity contribution in [2.75, 3.05) is 14.2 Å². The minimum atomic E-state index is 0.590. The van der Waals surface area contributed by atoms with E-state index in [2.05, 4.69) is 32.1 Å². The summed E-state index contributed by atoms with van der Waals surface area (Å²) in [5, 5.41) is 2.44. The van der Waals surface area contributed by atoms with Crippen LogP contribution in [0.4, 0.5) is 0 Å². The number of hydrogen-bond donors (Lipinski definition) is 2. The van der Waals surface area contributed by atoms with E-state index in [1.807, 2.05) is 66.7 Å². The van der Waals surface area contributed by atoms with Crippen molar-refractivity contribution in [3.63, 3.8) is 0 Å². The molecule has 6 nitrogen and oxygen atoms in total. The average molecular weight is 692 g/mol. The van der Waals surface area contributed by atoms with E-state index in [1.54, 1.807) is 44.8 Å². The van der Waals surface area contributed by atoms with E-state index in [0.717, 1.165) is 64.1 Å². The second-order valence-corrected chi connectivity index (χ2v) is 11.8. The van der Waals surface area contributed by atoms with Crippen LogP contribution in [0.1, 0.15) is 22.8 Å². The van der Waals surface area contributed by atoms with Crippen LogP contribution in [0.25, 0.3) is 34.7 Å². The molecule has 0 aliphatic rings. The van der Waals surface area contributed by atoms with Crippen LogP contribution in [0, 0.1) is 0 Å². The summed E-state index contributed by atoms with van der Waals surface area (Å²) in [4.78, 5) is 15.3. The van der Waals surface area contributed by atoms with Crippen LogP contribution in [0.5, 0.6) is 11.5 Å². The molecule has 0 aliphatic heterocycles. The quantitative estimate of drug-likeness (QED) is 0.158. The molecular weight excluding hydrogens is 662 g/mol. The van der Waals surface area contributed by atoms with Gasteiger partial charge in [0.15, 0.2) is 0 Å². The van der Waals surface area contributed by atoms with E-state index in [-0.39, 0.29) is 0 Å². The Balaban J connectivity index is 0.000000181. The fraction of sp³-hybridized carbons (Fsp3) is 0.111. The van der Waals surface area contributed by atoms with Crippen molar-refractivity contribution in [2.45, 2.75) is 12.8 Å². The summed E-state index contributed by atoms with van der Waals surface area (Å²) in [6.45, 7) is 0. The number of imidazole rings is 2. The fourth-order valence-corrected chi connectivity index (χ4v) is 5.57. The molecule has 0 saturated carbocycles. The summed E-state index contributed by atoms with van der Waals surface area (Å²) in [6, 6.07) is 26.7. The Hall–Kier alpha value is -4.20. The zero-order valence-electron chi connectivity index (χ0n) is 25.0. The molecule has 6 rings (SSSR count). The number of benzene rings is 4. The number of hydrogen-bond acceptors (Lipinski definition) is 4. The Kier molecular flexibility index (Phi) is 11.4. The first-order chi connectivity index (χ1) is 22.3. The van der Waals surface area contributed by atoms with Crippen molar-refractivity contribution in [1.29, 1.82) is 0 Å². The third-order valence-corrected chi connectivity index (χ3v) is 8.12. The van der Waals surface area contributed by atoms with Crippen LogP contribution in [0.3, 0.4) is 0 Å². The number of H-pyrrole nitrogens is 2. The van der Waals surface area contributed by atoms with Crippen molar-refractivity contribution in [3.05, 3.63) is 140 Å². The van der Waals surface area contributed by atoms with Gasteiger partial charge in [-0.3, -0.25) is 0 Å². The van der Waals surface area contributed by atoms with Crippen LogP contribution in [-0.2, 0) is 12.8 Å². The molecule has 0 fully saturated rings. The van der Waals surface area contributed by atoms with Gasteiger partial charge in [0.05, 0.1) is 48.0 Å². The zero-order chi connectivity index (χ0) is 32.5. The number of nitrogens with zero attached hydrogens (tertiary/aromatic N) is 2. The van der Waals surface area contributed by atoms with Crippen molar-refractivity contribution < 1.29 is 9.47 Å². The van der Waals surface area contributed by atoms with Crippen LogP contribution >= 0.6 is 46.4 Å². The normalized spacial score (nSPS) is 10.9. The lowest BCUT2D eigenvalue weighted by Crippen LogP contribution is -1.94. The van der Waals surface area contributed by atoms with Gasteiger partial charge in [-0.05, 0) is 84.3 Å². The van der Waals surface area contributed by atoms with Gasteiger partial charge in [0.2, 0.25) is 0 Å². The lowest BCUT2D eigenvalue weighted by Gasteiger charge is -2.03. The molecule has 10 heteroatoms. The van der Waals surface area contributed by atoms with Gasteiger partial charge < -0.3 is 19.4 Å². The molecule has 0 unspecified atom stereocenters. The largest absolute Gasteiger partial charge is 0.497 e. The summed E-state index contributed by atoms with van der Waals surface area (Å²) in [6.07, 6.45) is 9.19. The number of rotatable bonds is 9. The van der Waals surface area contributed by atoms with Gasteiger partial charge in [-0.1, -0.05) is 76.7 Å². The van der Waals surface area contributed by atoms with E-state index < -0.39 is 0 Å². The molecule has 0 spiro atoms. The number of ether oxygens (including phenoxy) is 2. The predicted molar refractivity (Wildman–Crippen MR) is 190 cm³/mol. The highest BCUT2D eigenvalue weighted by atomic mass is 35.5. The Morgan fingerprint density at radius 2 is 1.15 bits per heavy atom. The third kappa shape index (κ3) is 8.95. The molecule has 0 saturated heterocycles. The summed E-state index contributed by atoms with van der Waals surface area (Å²) >= 11 is 24.3. The molecule has 2 aromatic heterocycles. The number of halogens is 4. The van der Waals surface area contributed by atoms with Crippen LogP contribution < -0.4 is 9.47 Å². The van der Waals surface area contributed by atoms with Gasteiger partial charge in [0.1, 0.15) is 23.1 Å². The summed E-state index contributed by atoms with van der Waals surface area (Å²) in [5.41, 5.74) is 5.82. The van der Waals surface area contributed by atoms with Gasteiger partial charge in [-0.2, -0.15) is 0 Å². The maximum absolute atomic E-state index is 6.23. The molecule has 46 heavy (non-hydrogen) atoms. The molecular formula is C36H30Cl4N4O2. The lowest BCUT2D eigenvalue weighted by molar-refractivity contribution is 0.414. The molecule has 2 heterocycles. The highest BCUT2D eigenvalue weighted by Gasteiger charge is 2.09. The molecule has 0 atom stereocenters. The monoisotopic (exact) mass is 690 g/mol. The van der Waals surface area contributed by atoms with Crippen molar-refractivity contribution in [2.24, 2.45) is 0 Å². The van der Waals surface area contributed by atoms with E-state index >= 15 is 0 Å². The van der Waals surface area contributed by atoms with Gasteiger partial charge in [0, 0.05) is 27.6 Å². The zero-order valence-corrected chi connectivity index (χ0v) is 28.1. The number of aromatic amines is 2. The Morgan fingerprint density at radius 1 is 0.609 bits per heavy atom. The number of methoxy groups -OCH3 is 2. The second-order valence-electron chi connectivity index (χ2n) is 10.1. The predicted octanol–water partition coefficient (Wildman–Crippen LogP) is 10.7. The van der Waals surface area contributed by atoms with E-state index in [4.69, 9.17) is 55.9 Å². The topological polar surface area (TPSA) is 75.8 Å². The van der Waals surface area contributed by atoms with Crippen molar-refractivity contribution in [1.82, 2.24) is 19.9 Å². The van der Waals surface area contributed by atoms with Crippen LogP contribution in [0.15, 0.2) is 97.3 Å². The molecule has 0 aliphatic carbocycles. The van der Waals surface area contributed by atoms with Crippen molar-refractivity contribution in [3.8, 4) is 34.0 Å². The maximum Gasteiger partial charge on any atom is 0.130 e. The highest BCUT2D eigenvalue weighted by Crippen LogP contribution is 2.30. The van der Waals surface area contributed by atoms with E-state index in [0.29, 0.717) is 20.1 Å². The van der Waals surface area contributed by atoms with Crippen LogP contribution in [-0.4, -0.2) is 34.2 Å². The molecule has 0 amide bonds. The Labute approximate surface area is 288 Å².